The van der Waals surface area contributed by atoms with Gasteiger partial charge in [-0.1, -0.05) is 27.7 Å². The molecule has 0 aromatic heterocycles. The van der Waals surface area contributed by atoms with E-state index in [-0.39, 0.29) is 39.3 Å². The molecule has 0 aromatic carbocycles. The molecular weight excluding hydrogens is 833 g/mol. The maximum absolute atomic E-state index is 13.7. The van der Waals surface area contributed by atoms with Gasteiger partial charge in [-0.15, -0.1) is 0 Å². The fraction of sp³-hybridized carbons (Fsp3) is 0.762. The van der Waals surface area contributed by atoms with E-state index < -0.39 is 133 Å². The highest BCUT2D eigenvalue weighted by Crippen LogP contribution is 2.20. The fourth-order valence-electron chi connectivity index (χ4n) is 8.42. The van der Waals surface area contributed by atoms with Crippen molar-refractivity contribution < 1.29 is 47.9 Å². The van der Waals surface area contributed by atoms with E-state index in [1.54, 1.807) is 41.5 Å². The van der Waals surface area contributed by atoms with Crippen molar-refractivity contribution in [3.63, 3.8) is 0 Å². The van der Waals surface area contributed by atoms with Crippen LogP contribution in [0.15, 0.2) is 0 Å². The molecule has 0 spiro atoms. The molecule has 0 radical (unpaired) electrons. The van der Waals surface area contributed by atoms with Crippen LogP contribution in [0.5, 0.6) is 0 Å². The number of rotatable bonds is 4. The average molecular weight is 905 g/mol. The van der Waals surface area contributed by atoms with Crippen molar-refractivity contribution in [1.29, 1.82) is 0 Å². The van der Waals surface area contributed by atoms with Gasteiger partial charge in [0, 0.05) is 53.4 Å². The first kappa shape index (κ1) is 53.0. The number of nitrogens with one attached hydrogen (secondary N) is 4. The summed E-state index contributed by atoms with van der Waals surface area (Å²) in [5, 5.41) is 10.5. The molecule has 0 aliphatic carbocycles. The van der Waals surface area contributed by atoms with Gasteiger partial charge in [0.2, 0.25) is 59.1 Å². The highest BCUT2D eigenvalue weighted by atomic mass is 16.2. The summed E-state index contributed by atoms with van der Waals surface area (Å²) in [4.78, 5) is 143. The van der Waals surface area contributed by atoms with Crippen LogP contribution in [0.4, 0.5) is 0 Å². The molecule has 3 aliphatic rings. The van der Waals surface area contributed by atoms with E-state index in [0.29, 0.717) is 38.5 Å². The monoisotopic (exact) mass is 905 g/mol. The number of hydrogen-bond acceptors (Lipinski definition) is 12. The first-order valence-electron chi connectivity index (χ1n) is 22.5. The minimum atomic E-state index is -1.25. The van der Waals surface area contributed by atoms with Crippen LogP contribution in [0.1, 0.15) is 80.1 Å². The van der Waals surface area contributed by atoms with Gasteiger partial charge in [-0.2, -0.15) is 0 Å². The number of amides is 10. The predicted octanol–water partition coefficient (Wildman–Crippen LogP) is -3.46. The van der Waals surface area contributed by atoms with Crippen LogP contribution in [0, 0.1) is 11.8 Å². The summed E-state index contributed by atoms with van der Waals surface area (Å²) in [6, 6.07) is -6.45. The summed E-state index contributed by atoms with van der Waals surface area (Å²) in [5.74, 6) is -6.63. The van der Waals surface area contributed by atoms with E-state index in [4.69, 9.17) is 11.5 Å². The molecule has 22 heteroatoms. The number of piperidine rings is 2. The minimum Gasteiger partial charge on any atom is -0.352 e. The van der Waals surface area contributed by atoms with E-state index in [0.717, 1.165) is 0 Å². The third kappa shape index (κ3) is 13.8. The lowest BCUT2D eigenvalue weighted by molar-refractivity contribution is -0.146. The Kier molecular flexibility index (Phi) is 20.4. The summed E-state index contributed by atoms with van der Waals surface area (Å²) < 4.78 is 0. The van der Waals surface area contributed by atoms with Crippen LogP contribution in [-0.2, 0) is 47.9 Å². The molecule has 3 fully saturated rings. The molecule has 22 nitrogen and oxygen atoms in total. The van der Waals surface area contributed by atoms with Crippen LogP contribution < -0.4 is 32.7 Å². The zero-order chi connectivity index (χ0) is 48.0. The smallest absolute Gasteiger partial charge is 0.243 e. The van der Waals surface area contributed by atoms with Gasteiger partial charge in [0.15, 0.2) is 0 Å². The Labute approximate surface area is 376 Å². The van der Waals surface area contributed by atoms with Crippen LogP contribution in [0.25, 0.3) is 0 Å². The summed E-state index contributed by atoms with van der Waals surface area (Å²) in [7, 11) is 2.85. The molecule has 3 heterocycles. The second kappa shape index (κ2) is 24.6. The first-order valence-corrected chi connectivity index (χ1v) is 22.5. The van der Waals surface area contributed by atoms with Crippen LogP contribution in [0.3, 0.4) is 0 Å². The Balaban J connectivity index is 1.91. The molecule has 0 bridgehead atoms. The van der Waals surface area contributed by atoms with Crippen molar-refractivity contribution in [2.45, 2.75) is 116 Å². The van der Waals surface area contributed by atoms with Gasteiger partial charge < -0.3 is 62.1 Å². The Hall–Kier alpha value is -5.38. The Morgan fingerprint density at radius 3 is 1.17 bits per heavy atom. The molecule has 3 rings (SSSR count). The summed E-state index contributed by atoms with van der Waals surface area (Å²) in [6.45, 7) is 8.47. The molecule has 0 aromatic rings. The molecular formula is C42H72N12O10. The van der Waals surface area contributed by atoms with Crippen molar-refractivity contribution in [2.24, 2.45) is 23.3 Å². The number of nitrogens with zero attached hydrogens (tertiary/aromatic N) is 6. The molecule has 0 saturated carbocycles. The first-order chi connectivity index (χ1) is 30.2. The number of hydrogen-bond donors (Lipinski definition) is 6. The minimum absolute atomic E-state index is 0.100. The van der Waals surface area contributed by atoms with Crippen molar-refractivity contribution >= 4 is 59.1 Å². The van der Waals surface area contributed by atoms with Crippen molar-refractivity contribution in [3.8, 4) is 0 Å². The summed E-state index contributed by atoms with van der Waals surface area (Å²) in [5.41, 5.74) is 12.6. The lowest BCUT2D eigenvalue weighted by atomic mass is 9.99. The van der Waals surface area contributed by atoms with Crippen LogP contribution >= 0.6 is 0 Å². The Bertz CT molecular complexity index is 1610. The van der Waals surface area contributed by atoms with Gasteiger partial charge in [0.05, 0.1) is 26.2 Å². The molecule has 360 valence electrons. The highest BCUT2D eigenvalue weighted by Gasteiger charge is 2.39. The Morgan fingerprint density at radius 1 is 0.516 bits per heavy atom. The van der Waals surface area contributed by atoms with Crippen molar-refractivity contribution in [2.75, 3.05) is 79.5 Å². The zero-order valence-electron chi connectivity index (χ0n) is 38.9. The molecule has 8 N–H and O–H groups in total. The molecule has 3 saturated heterocycles. The zero-order valence-corrected chi connectivity index (χ0v) is 38.9. The lowest BCUT2D eigenvalue weighted by Gasteiger charge is -2.37. The van der Waals surface area contributed by atoms with Crippen molar-refractivity contribution in [1.82, 2.24) is 50.7 Å². The summed E-state index contributed by atoms with van der Waals surface area (Å²) in [6.07, 6.45) is 3.04. The molecule has 10 amide bonds. The normalized spacial score (nSPS) is 27.4. The number of carbonyl (C=O) groups is 10. The standard InChI is InChI=1S/C42H72N12O10/c1-9-51-23-33(57)49(7)35(25(3)4)39(61)45-19-27(43)42(64)54-18-14-12-16-30(54)38(60)48-22-32(56)52(10-2)24-34(58)50(8)36(26(5)6)40(62)46-20-28(44)41(63)53-17-13-11-15-29(53)37(59)47-21-31(51)55/h25-30,35-36H,9-24,43-44H2,1-8H3,(H,45,61)(H,46,62)(H,47,59)(H,48,60)/t27-,28-,29+,30+,35+,36+/m1/s1. The third-order valence-electron chi connectivity index (χ3n) is 12.2. The second-order valence-electron chi connectivity index (χ2n) is 17.4. The highest BCUT2D eigenvalue weighted by molar-refractivity contribution is 5.96. The van der Waals surface area contributed by atoms with E-state index in [1.807, 2.05) is 0 Å². The molecule has 6 atom stereocenters. The number of fused-ring (bicyclic) bond motifs is 2. The SMILES string of the molecule is CCN1CC(=O)N(C)[C@@H](C(C)C)C(=O)NC[C@@H](N)C(=O)N2CCCC[C@H]2C(=O)NCC(=O)N(CC)CC(=O)N(C)[C@@H](C(C)C)C(=O)NC[C@@H](N)C(=O)N2CCCC[C@H]2C(=O)NCC1=O. The van der Waals surface area contributed by atoms with Gasteiger partial charge in [-0.25, -0.2) is 0 Å². The van der Waals surface area contributed by atoms with E-state index >= 15 is 0 Å². The molecule has 3 aliphatic heterocycles. The van der Waals surface area contributed by atoms with Gasteiger partial charge in [-0.3, -0.25) is 47.9 Å². The maximum atomic E-state index is 13.7. The van der Waals surface area contributed by atoms with Crippen LogP contribution in [0.2, 0.25) is 0 Å². The number of likely N-dealkylation sites (N-methyl/N-ethyl adjacent to an activating group) is 4. The predicted molar refractivity (Wildman–Crippen MR) is 234 cm³/mol. The number of carbonyl (C=O) groups excluding carboxylic acids is 10. The lowest BCUT2D eigenvalue weighted by Crippen LogP contribution is -2.60. The molecule has 64 heavy (non-hydrogen) atoms. The topological polar surface area (TPSA) is 290 Å². The molecule has 0 unspecified atom stereocenters. The third-order valence-corrected chi connectivity index (χ3v) is 12.2. The number of nitrogens with two attached hydrogens (primary N) is 2. The maximum Gasteiger partial charge on any atom is 0.243 e. The van der Waals surface area contributed by atoms with Gasteiger partial charge in [-0.05, 0) is 64.2 Å². The Morgan fingerprint density at radius 2 is 0.859 bits per heavy atom. The summed E-state index contributed by atoms with van der Waals surface area (Å²) >= 11 is 0. The largest absolute Gasteiger partial charge is 0.352 e. The van der Waals surface area contributed by atoms with E-state index in [2.05, 4.69) is 21.3 Å². The van der Waals surface area contributed by atoms with Crippen molar-refractivity contribution in [3.05, 3.63) is 0 Å². The van der Waals surface area contributed by atoms with Gasteiger partial charge in [0.25, 0.3) is 0 Å². The fourth-order valence-corrected chi connectivity index (χ4v) is 8.42. The van der Waals surface area contributed by atoms with Crippen LogP contribution in [-0.4, -0.2) is 204 Å². The van der Waals surface area contributed by atoms with Gasteiger partial charge >= 0.3 is 0 Å². The van der Waals surface area contributed by atoms with E-state index in [1.165, 1.54) is 43.5 Å². The van der Waals surface area contributed by atoms with E-state index in [9.17, 15) is 47.9 Å². The quantitative estimate of drug-likeness (QED) is 0.161. The second-order valence-corrected chi connectivity index (χ2v) is 17.4. The average Bonchev–Trinajstić information content (AvgIpc) is 3.27. The van der Waals surface area contributed by atoms with Gasteiger partial charge in [0.1, 0.15) is 36.3 Å².